The van der Waals surface area contributed by atoms with Gasteiger partial charge in [0.1, 0.15) is 0 Å². The summed E-state index contributed by atoms with van der Waals surface area (Å²) in [6, 6.07) is 0. The van der Waals surface area contributed by atoms with E-state index in [9.17, 15) is 9.59 Å². The average Bonchev–Trinajstić information content (AvgIpc) is 2.51. The van der Waals surface area contributed by atoms with Crippen LogP contribution in [0.25, 0.3) is 0 Å². The Balaban J connectivity index is 2.45. The number of carbonyl (C=O) groups excluding carboxylic acids is 1. The van der Waals surface area contributed by atoms with E-state index in [0.29, 0.717) is 19.3 Å². The third kappa shape index (κ3) is 1.75. The van der Waals surface area contributed by atoms with Crippen molar-refractivity contribution in [3.05, 3.63) is 0 Å². The topological polar surface area (TPSA) is 63.6 Å². The van der Waals surface area contributed by atoms with Crippen molar-refractivity contribution in [1.29, 1.82) is 0 Å². The standard InChI is InChI=1S/C8H12O4/c1-12-8(11)6-3-2-5(4-6)7(9)10/h5-6H,2-4H2,1H3,(H,9,10)/t5-,6-/m0/s1. The second-order valence-electron chi connectivity index (χ2n) is 3.07. The van der Waals surface area contributed by atoms with Crippen LogP contribution in [0.1, 0.15) is 19.3 Å². The molecular weight excluding hydrogens is 160 g/mol. The Hall–Kier alpha value is -1.06. The maximum atomic E-state index is 11.0. The Morgan fingerprint density at radius 2 is 1.92 bits per heavy atom. The van der Waals surface area contributed by atoms with Crippen molar-refractivity contribution in [2.45, 2.75) is 19.3 Å². The zero-order valence-electron chi connectivity index (χ0n) is 6.95. The Morgan fingerprint density at radius 1 is 1.33 bits per heavy atom. The molecule has 4 nitrogen and oxygen atoms in total. The number of carbonyl (C=O) groups is 2. The molecule has 0 spiro atoms. The monoisotopic (exact) mass is 172 g/mol. The van der Waals surface area contributed by atoms with Gasteiger partial charge in [-0.05, 0) is 19.3 Å². The van der Waals surface area contributed by atoms with E-state index < -0.39 is 5.97 Å². The summed E-state index contributed by atoms with van der Waals surface area (Å²) in [6.45, 7) is 0. The molecule has 0 aromatic heterocycles. The molecule has 0 bridgehead atoms. The molecule has 0 aromatic carbocycles. The van der Waals surface area contributed by atoms with Crippen LogP contribution in [0, 0.1) is 11.8 Å². The van der Waals surface area contributed by atoms with E-state index in [1.807, 2.05) is 0 Å². The summed E-state index contributed by atoms with van der Waals surface area (Å²) in [5, 5.41) is 8.63. The quantitative estimate of drug-likeness (QED) is 0.621. The average molecular weight is 172 g/mol. The number of aliphatic carboxylic acids is 1. The first-order chi connectivity index (χ1) is 5.65. The molecule has 68 valence electrons. The highest BCUT2D eigenvalue weighted by atomic mass is 16.5. The summed E-state index contributed by atoms with van der Waals surface area (Å²) in [6.07, 6.45) is 1.67. The van der Waals surface area contributed by atoms with Gasteiger partial charge in [0.15, 0.2) is 0 Å². The van der Waals surface area contributed by atoms with Crippen molar-refractivity contribution < 1.29 is 19.4 Å². The molecule has 0 saturated heterocycles. The van der Waals surface area contributed by atoms with Crippen molar-refractivity contribution in [2.24, 2.45) is 11.8 Å². The van der Waals surface area contributed by atoms with Crippen LogP contribution in [0.15, 0.2) is 0 Å². The van der Waals surface area contributed by atoms with Crippen molar-refractivity contribution in [2.75, 3.05) is 7.11 Å². The first-order valence-electron chi connectivity index (χ1n) is 3.95. The molecule has 0 aliphatic heterocycles. The first-order valence-corrected chi connectivity index (χ1v) is 3.95. The number of esters is 1. The minimum Gasteiger partial charge on any atom is -0.481 e. The second kappa shape index (κ2) is 3.56. The fourth-order valence-corrected chi connectivity index (χ4v) is 1.59. The number of hydrogen-bond donors (Lipinski definition) is 1. The molecule has 1 fully saturated rings. The van der Waals surface area contributed by atoms with Crippen LogP contribution in [-0.2, 0) is 14.3 Å². The summed E-state index contributed by atoms with van der Waals surface area (Å²) in [4.78, 5) is 21.5. The number of rotatable bonds is 2. The fourth-order valence-electron chi connectivity index (χ4n) is 1.59. The number of hydrogen-bond acceptors (Lipinski definition) is 3. The van der Waals surface area contributed by atoms with Gasteiger partial charge in [-0.3, -0.25) is 9.59 Å². The van der Waals surface area contributed by atoms with Crippen molar-refractivity contribution in [3.63, 3.8) is 0 Å². The zero-order chi connectivity index (χ0) is 9.14. The Morgan fingerprint density at radius 3 is 2.33 bits per heavy atom. The smallest absolute Gasteiger partial charge is 0.308 e. The predicted molar refractivity (Wildman–Crippen MR) is 40.5 cm³/mol. The van der Waals surface area contributed by atoms with E-state index >= 15 is 0 Å². The van der Waals surface area contributed by atoms with Gasteiger partial charge >= 0.3 is 11.9 Å². The van der Waals surface area contributed by atoms with Gasteiger partial charge in [-0.25, -0.2) is 0 Å². The van der Waals surface area contributed by atoms with Crippen LogP contribution in [0.5, 0.6) is 0 Å². The molecule has 0 amide bonds. The van der Waals surface area contributed by atoms with Gasteiger partial charge in [0.05, 0.1) is 18.9 Å². The van der Waals surface area contributed by atoms with Gasteiger partial charge in [-0.1, -0.05) is 0 Å². The number of carboxylic acid groups (broad SMARTS) is 1. The lowest BCUT2D eigenvalue weighted by Gasteiger charge is -2.05. The van der Waals surface area contributed by atoms with Gasteiger partial charge in [-0.15, -0.1) is 0 Å². The van der Waals surface area contributed by atoms with Crippen molar-refractivity contribution in [1.82, 2.24) is 0 Å². The number of carboxylic acids is 1. The summed E-state index contributed by atoms with van der Waals surface area (Å²) >= 11 is 0. The lowest BCUT2D eigenvalue weighted by atomic mass is 10.1. The molecule has 1 rings (SSSR count). The molecule has 1 aliphatic carbocycles. The van der Waals surface area contributed by atoms with Gasteiger partial charge in [0, 0.05) is 0 Å². The van der Waals surface area contributed by atoms with Gasteiger partial charge < -0.3 is 9.84 Å². The van der Waals surface area contributed by atoms with Crippen LogP contribution < -0.4 is 0 Å². The summed E-state index contributed by atoms with van der Waals surface area (Å²) < 4.78 is 4.53. The van der Waals surface area contributed by atoms with E-state index in [4.69, 9.17) is 5.11 Å². The first kappa shape index (κ1) is 9.03. The maximum absolute atomic E-state index is 11.0. The van der Waals surface area contributed by atoms with Gasteiger partial charge in [0.2, 0.25) is 0 Å². The van der Waals surface area contributed by atoms with Crippen molar-refractivity contribution in [3.8, 4) is 0 Å². The van der Waals surface area contributed by atoms with Crippen LogP contribution in [0.3, 0.4) is 0 Å². The van der Waals surface area contributed by atoms with Crippen LogP contribution in [0.4, 0.5) is 0 Å². The molecule has 0 unspecified atom stereocenters. The third-order valence-electron chi connectivity index (χ3n) is 2.32. The molecule has 0 heterocycles. The number of ether oxygens (including phenoxy) is 1. The van der Waals surface area contributed by atoms with Crippen molar-refractivity contribution >= 4 is 11.9 Å². The van der Waals surface area contributed by atoms with E-state index in [-0.39, 0.29) is 17.8 Å². The second-order valence-corrected chi connectivity index (χ2v) is 3.07. The Labute approximate surface area is 70.5 Å². The van der Waals surface area contributed by atoms with Gasteiger partial charge in [-0.2, -0.15) is 0 Å². The lowest BCUT2D eigenvalue weighted by molar-refractivity contribution is -0.145. The Bertz CT molecular complexity index is 199. The molecule has 1 N–H and O–H groups in total. The fraction of sp³-hybridized carbons (Fsp3) is 0.750. The maximum Gasteiger partial charge on any atom is 0.308 e. The molecule has 0 radical (unpaired) electrons. The molecule has 4 heteroatoms. The molecule has 12 heavy (non-hydrogen) atoms. The molecule has 1 aliphatic rings. The van der Waals surface area contributed by atoms with Crippen LogP contribution in [0.2, 0.25) is 0 Å². The predicted octanol–water partition coefficient (Wildman–Crippen LogP) is 0.660. The molecule has 2 atom stereocenters. The highest BCUT2D eigenvalue weighted by Gasteiger charge is 2.34. The van der Waals surface area contributed by atoms with E-state index in [2.05, 4.69) is 4.74 Å². The summed E-state index contributed by atoms with van der Waals surface area (Å²) in [5.74, 6) is -1.63. The van der Waals surface area contributed by atoms with Crippen LogP contribution in [-0.4, -0.2) is 24.2 Å². The minimum atomic E-state index is -0.804. The summed E-state index contributed by atoms with van der Waals surface area (Å²) in [7, 11) is 1.33. The Kier molecular flexibility index (Phi) is 2.68. The normalized spacial score (nSPS) is 28.4. The van der Waals surface area contributed by atoms with E-state index in [1.54, 1.807) is 0 Å². The molecule has 1 saturated carbocycles. The van der Waals surface area contributed by atoms with Gasteiger partial charge in [0.25, 0.3) is 0 Å². The van der Waals surface area contributed by atoms with E-state index in [0.717, 1.165) is 0 Å². The summed E-state index contributed by atoms with van der Waals surface area (Å²) in [5.41, 5.74) is 0. The number of methoxy groups -OCH3 is 1. The lowest BCUT2D eigenvalue weighted by Crippen LogP contribution is -2.15. The largest absolute Gasteiger partial charge is 0.481 e. The zero-order valence-corrected chi connectivity index (χ0v) is 6.95. The van der Waals surface area contributed by atoms with Crippen LogP contribution >= 0.6 is 0 Å². The SMILES string of the molecule is COC(=O)[C@H]1CC[C@H](C(=O)O)C1. The minimum absolute atomic E-state index is 0.198. The third-order valence-corrected chi connectivity index (χ3v) is 2.32. The molecular formula is C8H12O4. The highest BCUT2D eigenvalue weighted by Crippen LogP contribution is 2.31. The highest BCUT2D eigenvalue weighted by molar-refractivity contribution is 5.76. The molecule has 0 aromatic rings. The van der Waals surface area contributed by atoms with E-state index in [1.165, 1.54) is 7.11 Å².